The van der Waals surface area contributed by atoms with Gasteiger partial charge in [-0.15, -0.1) is 0 Å². The van der Waals surface area contributed by atoms with Gasteiger partial charge in [0.05, 0.1) is 0 Å². The first-order valence-electron chi connectivity index (χ1n) is 6.34. The van der Waals surface area contributed by atoms with Crippen LogP contribution in [0.4, 0.5) is 10.1 Å². The molecule has 0 aliphatic heterocycles. The van der Waals surface area contributed by atoms with E-state index in [0.717, 1.165) is 11.3 Å². The zero-order chi connectivity index (χ0) is 13.8. The van der Waals surface area contributed by atoms with E-state index < -0.39 is 0 Å². The van der Waals surface area contributed by atoms with Gasteiger partial charge in [-0.1, -0.05) is 37.6 Å². The van der Waals surface area contributed by atoms with Crippen LogP contribution < -0.4 is 5.32 Å². The van der Waals surface area contributed by atoms with Gasteiger partial charge >= 0.3 is 0 Å². The van der Waals surface area contributed by atoms with Crippen LogP contribution in [-0.2, 0) is 6.54 Å². The van der Waals surface area contributed by atoms with Crippen molar-refractivity contribution in [2.24, 2.45) is 0 Å². The fourth-order valence-electron chi connectivity index (χ4n) is 1.88. The smallest absolute Gasteiger partial charge is 0.123 e. The van der Waals surface area contributed by atoms with Gasteiger partial charge in [-0.3, -0.25) is 0 Å². The Labute approximate surface area is 118 Å². The van der Waals surface area contributed by atoms with Crippen LogP contribution in [0.2, 0.25) is 5.02 Å². The summed E-state index contributed by atoms with van der Waals surface area (Å²) < 4.78 is 13.2. The van der Waals surface area contributed by atoms with Crippen molar-refractivity contribution in [1.29, 1.82) is 0 Å². The molecule has 0 saturated carbocycles. The summed E-state index contributed by atoms with van der Waals surface area (Å²) in [5.74, 6) is 0.219. The summed E-state index contributed by atoms with van der Waals surface area (Å²) >= 11 is 6.04. The zero-order valence-electron chi connectivity index (χ0n) is 11.1. The second-order valence-electron chi connectivity index (χ2n) is 4.87. The third-order valence-electron chi connectivity index (χ3n) is 3.04. The molecule has 0 amide bonds. The van der Waals surface area contributed by atoms with Crippen LogP contribution in [-0.4, -0.2) is 0 Å². The molecule has 0 radical (unpaired) electrons. The van der Waals surface area contributed by atoms with E-state index in [1.165, 1.54) is 17.7 Å². The molecule has 19 heavy (non-hydrogen) atoms. The SMILES string of the molecule is CC(C)c1cccc(NCc2cc(F)ccc2Cl)c1. The molecule has 2 rings (SSSR count). The Hall–Kier alpha value is -1.54. The van der Waals surface area contributed by atoms with E-state index in [-0.39, 0.29) is 5.82 Å². The Kier molecular flexibility index (Phi) is 4.43. The molecule has 1 nitrogen and oxygen atoms in total. The molecule has 0 aliphatic carbocycles. The summed E-state index contributed by atoms with van der Waals surface area (Å²) in [6.45, 7) is 4.82. The highest BCUT2D eigenvalue weighted by atomic mass is 35.5. The average molecular weight is 278 g/mol. The largest absolute Gasteiger partial charge is 0.381 e. The summed E-state index contributed by atoms with van der Waals surface area (Å²) in [7, 11) is 0. The molecule has 100 valence electrons. The van der Waals surface area contributed by atoms with E-state index in [2.05, 4.69) is 31.3 Å². The molecule has 0 fully saturated rings. The van der Waals surface area contributed by atoms with Crippen molar-refractivity contribution in [2.75, 3.05) is 5.32 Å². The lowest BCUT2D eigenvalue weighted by atomic mass is 10.0. The highest BCUT2D eigenvalue weighted by Crippen LogP contribution is 2.21. The van der Waals surface area contributed by atoms with Gasteiger partial charge in [-0.05, 0) is 47.4 Å². The van der Waals surface area contributed by atoms with Crippen LogP contribution in [0.25, 0.3) is 0 Å². The van der Waals surface area contributed by atoms with Gasteiger partial charge in [0.1, 0.15) is 5.82 Å². The van der Waals surface area contributed by atoms with E-state index in [1.54, 1.807) is 6.07 Å². The maximum Gasteiger partial charge on any atom is 0.123 e. The Morgan fingerprint density at radius 3 is 2.68 bits per heavy atom. The number of anilines is 1. The molecule has 2 aromatic rings. The lowest BCUT2D eigenvalue weighted by Crippen LogP contribution is -2.01. The molecule has 0 bridgehead atoms. The first-order chi connectivity index (χ1) is 9.06. The normalized spacial score (nSPS) is 10.8. The summed E-state index contributed by atoms with van der Waals surface area (Å²) in [5.41, 5.74) is 3.05. The monoisotopic (exact) mass is 277 g/mol. The second-order valence-corrected chi connectivity index (χ2v) is 5.28. The molecule has 0 aromatic heterocycles. The molecule has 0 unspecified atom stereocenters. The molecule has 1 N–H and O–H groups in total. The summed E-state index contributed by atoms with van der Waals surface area (Å²) in [5, 5.41) is 3.85. The third kappa shape index (κ3) is 3.71. The van der Waals surface area contributed by atoms with Crippen molar-refractivity contribution < 1.29 is 4.39 Å². The quantitative estimate of drug-likeness (QED) is 0.808. The number of benzene rings is 2. The summed E-state index contributed by atoms with van der Waals surface area (Å²) in [6.07, 6.45) is 0. The van der Waals surface area contributed by atoms with Crippen molar-refractivity contribution in [3.05, 3.63) is 64.4 Å². The summed E-state index contributed by atoms with van der Waals surface area (Å²) in [6, 6.07) is 12.6. The van der Waals surface area contributed by atoms with Gasteiger partial charge in [0.25, 0.3) is 0 Å². The summed E-state index contributed by atoms with van der Waals surface area (Å²) in [4.78, 5) is 0. The number of hydrogen-bond donors (Lipinski definition) is 1. The van der Waals surface area contributed by atoms with Crippen molar-refractivity contribution in [2.45, 2.75) is 26.3 Å². The molecule has 0 heterocycles. The van der Waals surface area contributed by atoms with Crippen LogP contribution >= 0.6 is 11.6 Å². The Morgan fingerprint density at radius 2 is 1.95 bits per heavy atom. The van der Waals surface area contributed by atoms with Gasteiger partial charge in [0.15, 0.2) is 0 Å². The fourth-order valence-corrected chi connectivity index (χ4v) is 2.07. The first kappa shape index (κ1) is 13.9. The van der Waals surface area contributed by atoms with Crippen LogP contribution in [0.3, 0.4) is 0 Å². The molecule has 0 saturated heterocycles. The van der Waals surface area contributed by atoms with Gasteiger partial charge in [0, 0.05) is 17.3 Å². The van der Waals surface area contributed by atoms with Crippen molar-refractivity contribution >= 4 is 17.3 Å². The van der Waals surface area contributed by atoms with Crippen LogP contribution in [0.15, 0.2) is 42.5 Å². The van der Waals surface area contributed by atoms with Gasteiger partial charge in [-0.2, -0.15) is 0 Å². The van der Waals surface area contributed by atoms with Gasteiger partial charge in [0.2, 0.25) is 0 Å². The Balaban J connectivity index is 2.10. The average Bonchev–Trinajstić information content (AvgIpc) is 2.40. The van der Waals surface area contributed by atoms with E-state index in [0.29, 0.717) is 17.5 Å². The van der Waals surface area contributed by atoms with Crippen molar-refractivity contribution in [1.82, 2.24) is 0 Å². The van der Waals surface area contributed by atoms with Crippen LogP contribution in [0, 0.1) is 5.82 Å². The Bertz CT molecular complexity index is 566. The standard InChI is InChI=1S/C16H17ClFN/c1-11(2)12-4-3-5-15(9-12)19-10-13-8-14(18)6-7-16(13)17/h3-9,11,19H,10H2,1-2H3. The van der Waals surface area contributed by atoms with Gasteiger partial charge in [-0.25, -0.2) is 4.39 Å². The predicted molar refractivity (Wildman–Crippen MR) is 79.3 cm³/mol. The fraction of sp³-hybridized carbons (Fsp3) is 0.250. The first-order valence-corrected chi connectivity index (χ1v) is 6.72. The maximum atomic E-state index is 13.2. The molecular weight excluding hydrogens is 261 g/mol. The third-order valence-corrected chi connectivity index (χ3v) is 3.41. The van der Waals surface area contributed by atoms with Crippen LogP contribution in [0.5, 0.6) is 0 Å². The topological polar surface area (TPSA) is 12.0 Å². The number of nitrogens with one attached hydrogen (secondary N) is 1. The lowest BCUT2D eigenvalue weighted by molar-refractivity contribution is 0.626. The lowest BCUT2D eigenvalue weighted by Gasteiger charge is -2.11. The molecule has 3 heteroatoms. The number of rotatable bonds is 4. The molecule has 0 aliphatic rings. The van der Waals surface area contributed by atoms with E-state index in [9.17, 15) is 4.39 Å². The van der Waals surface area contributed by atoms with Crippen molar-refractivity contribution in [3.63, 3.8) is 0 Å². The maximum absolute atomic E-state index is 13.2. The van der Waals surface area contributed by atoms with Gasteiger partial charge < -0.3 is 5.32 Å². The minimum absolute atomic E-state index is 0.267. The van der Waals surface area contributed by atoms with E-state index >= 15 is 0 Å². The van der Waals surface area contributed by atoms with E-state index in [4.69, 9.17) is 11.6 Å². The zero-order valence-corrected chi connectivity index (χ0v) is 11.8. The predicted octanol–water partition coefficient (Wildman–Crippen LogP) is 5.21. The minimum Gasteiger partial charge on any atom is -0.381 e. The van der Waals surface area contributed by atoms with E-state index in [1.807, 2.05) is 12.1 Å². The minimum atomic E-state index is -0.267. The number of hydrogen-bond acceptors (Lipinski definition) is 1. The Morgan fingerprint density at radius 1 is 1.16 bits per heavy atom. The highest BCUT2D eigenvalue weighted by molar-refractivity contribution is 6.31. The molecular formula is C16H17ClFN. The molecule has 0 spiro atoms. The second kappa shape index (κ2) is 6.07. The number of halogens is 2. The highest BCUT2D eigenvalue weighted by Gasteiger charge is 2.03. The molecule has 0 atom stereocenters. The molecule has 2 aromatic carbocycles. The van der Waals surface area contributed by atoms with Crippen molar-refractivity contribution in [3.8, 4) is 0 Å². The van der Waals surface area contributed by atoms with Crippen LogP contribution in [0.1, 0.15) is 30.9 Å².